The number of sulfonamides is 1. The van der Waals surface area contributed by atoms with E-state index in [0.29, 0.717) is 5.56 Å². The van der Waals surface area contributed by atoms with Crippen LogP contribution in [0.2, 0.25) is 0 Å². The van der Waals surface area contributed by atoms with Crippen molar-refractivity contribution in [2.45, 2.75) is 31.4 Å². The van der Waals surface area contributed by atoms with Crippen LogP contribution in [-0.4, -0.2) is 31.6 Å². The Morgan fingerprint density at radius 2 is 2.11 bits per heavy atom. The van der Waals surface area contributed by atoms with Gasteiger partial charge in [0.1, 0.15) is 0 Å². The van der Waals surface area contributed by atoms with Crippen molar-refractivity contribution in [2.75, 3.05) is 12.0 Å². The molecule has 0 saturated heterocycles. The van der Waals surface area contributed by atoms with E-state index in [1.165, 1.54) is 6.07 Å². The largest absolute Gasteiger partial charge is 0.392 e. The molecule has 0 fully saturated rings. The molecule has 1 atom stereocenters. The first-order chi connectivity index (χ1) is 8.40. The van der Waals surface area contributed by atoms with Crippen LogP contribution in [0.3, 0.4) is 0 Å². The van der Waals surface area contributed by atoms with Crippen LogP contribution < -0.4 is 4.72 Å². The Morgan fingerprint density at radius 1 is 1.44 bits per heavy atom. The van der Waals surface area contributed by atoms with Gasteiger partial charge in [0.25, 0.3) is 0 Å². The van der Waals surface area contributed by atoms with E-state index in [9.17, 15) is 8.42 Å². The standard InChI is InChI=1S/C12H19NO3S2/c1-9-4-5-12(6-11(9)7-14)18(15,16)13-10(2)8-17-3/h4-6,10,13-14H,7-8H2,1-3H3. The van der Waals surface area contributed by atoms with Gasteiger partial charge in [-0.15, -0.1) is 0 Å². The zero-order chi connectivity index (χ0) is 13.8. The molecule has 102 valence electrons. The Balaban J connectivity index is 2.98. The summed E-state index contributed by atoms with van der Waals surface area (Å²) in [5.74, 6) is 0.720. The van der Waals surface area contributed by atoms with Gasteiger partial charge in [-0.05, 0) is 43.4 Å². The molecule has 0 amide bonds. The normalized spacial score (nSPS) is 13.6. The van der Waals surface area contributed by atoms with Crippen molar-refractivity contribution in [2.24, 2.45) is 0 Å². The van der Waals surface area contributed by atoms with E-state index in [0.717, 1.165) is 11.3 Å². The van der Waals surface area contributed by atoms with Crippen molar-refractivity contribution in [1.82, 2.24) is 4.72 Å². The van der Waals surface area contributed by atoms with Gasteiger partial charge in [0, 0.05) is 11.8 Å². The molecule has 0 radical (unpaired) electrons. The Morgan fingerprint density at radius 3 is 2.67 bits per heavy atom. The van der Waals surface area contributed by atoms with E-state index >= 15 is 0 Å². The van der Waals surface area contributed by atoms with E-state index in [1.54, 1.807) is 23.9 Å². The first kappa shape index (κ1) is 15.5. The third-order valence-corrected chi connectivity index (χ3v) is 4.99. The number of aliphatic hydroxyl groups excluding tert-OH is 1. The predicted octanol–water partition coefficient (Wildman–Crippen LogP) is 1.52. The lowest BCUT2D eigenvalue weighted by molar-refractivity contribution is 0.280. The van der Waals surface area contributed by atoms with Crippen LogP contribution >= 0.6 is 11.8 Å². The third kappa shape index (κ3) is 3.98. The van der Waals surface area contributed by atoms with Crippen LogP contribution in [0.15, 0.2) is 23.1 Å². The molecule has 0 bridgehead atoms. The van der Waals surface area contributed by atoms with Crippen molar-refractivity contribution >= 4 is 21.8 Å². The highest BCUT2D eigenvalue weighted by atomic mass is 32.2. The molecule has 0 spiro atoms. The molecule has 2 N–H and O–H groups in total. The number of benzene rings is 1. The van der Waals surface area contributed by atoms with Gasteiger partial charge in [-0.25, -0.2) is 13.1 Å². The molecule has 1 rings (SSSR count). The molecule has 0 aliphatic carbocycles. The molecule has 0 aliphatic rings. The van der Waals surface area contributed by atoms with Crippen LogP contribution in [0, 0.1) is 6.92 Å². The van der Waals surface area contributed by atoms with Crippen molar-refractivity contribution in [3.8, 4) is 0 Å². The quantitative estimate of drug-likeness (QED) is 0.833. The van der Waals surface area contributed by atoms with Gasteiger partial charge in [0.2, 0.25) is 10.0 Å². The summed E-state index contributed by atoms with van der Waals surface area (Å²) in [6.07, 6.45) is 1.93. The molecule has 1 unspecified atom stereocenters. The Labute approximate surface area is 113 Å². The van der Waals surface area contributed by atoms with Gasteiger partial charge >= 0.3 is 0 Å². The maximum absolute atomic E-state index is 12.1. The van der Waals surface area contributed by atoms with Gasteiger partial charge in [-0.3, -0.25) is 0 Å². The summed E-state index contributed by atoms with van der Waals surface area (Å²) in [5, 5.41) is 9.16. The second kappa shape index (κ2) is 6.56. The molecule has 1 aromatic rings. The SMILES string of the molecule is CSCC(C)NS(=O)(=O)c1ccc(C)c(CO)c1. The molecule has 0 saturated carbocycles. The van der Waals surface area contributed by atoms with Crippen molar-refractivity contribution < 1.29 is 13.5 Å². The zero-order valence-electron chi connectivity index (χ0n) is 10.8. The molecule has 0 aromatic heterocycles. The van der Waals surface area contributed by atoms with Gasteiger partial charge in [0.15, 0.2) is 0 Å². The second-order valence-corrected chi connectivity index (χ2v) is 6.85. The molecule has 18 heavy (non-hydrogen) atoms. The lowest BCUT2D eigenvalue weighted by Gasteiger charge is -2.14. The number of aryl methyl sites for hydroxylation is 1. The van der Waals surface area contributed by atoms with Gasteiger partial charge in [0.05, 0.1) is 11.5 Å². The van der Waals surface area contributed by atoms with Gasteiger partial charge < -0.3 is 5.11 Å². The minimum atomic E-state index is -3.51. The highest BCUT2D eigenvalue weighted by Crippen LogP contribution is 2.16. The predicted molar refractivity (Wildman–Crippen MR) is 75.3 cm³/mol. The summed E-state index contributed by atoms with van der Waals surface area (Å²) >= 11 is 1.59. The molecule has 0 aliphatic heterocycles. The molecule has 4 nitrogen and oxygen atoms in total. The molecule has 6 heteroatoms. The maximum Gasteiger partial charge on any atom is 0.240 e. The van der Waals surface area contributed by atoms with Crippen LogP contribution in [0.1, 0.15) is 18.1 Å². The third-order valence-electron chi connectivity index (χ3n) is 2.57. The highest BCUT2D eigenvalue weighted by molar-refractivity contribution is 7.98. The first-order valence-corrected chi connectivity index (χ1v) is 8.50. The average Bonchev–Trinajstić information content (AvgIpc) is 2.28. The van der Waals surface area contributed by atoms with E-state index in [4.69, 9.17) is 5.11 Å². The Kier molecular flexibility index (Phi) is 5.65. The lowest BCUT2D eigenvalue weighted by atomic mass is 10.1. The fourth-order valence-electron chi connectivity index (χ4n) is 1.60. The molecule has 1 aromatic carbocycles. The Bertz CT molecular complexity index is 500. The van der Waals surface area contributed by atoms with Gasteiger partial charge in [-0.1, -0.05) is 6.07 Å². The number of rotatable bonds is 6. The smallest absolute Gasteiger partial charge is 0.240 e. The summed E-state index contributed by atoms with van der Waals surface area (Å²) in [6, 6.07) is 4.66. The summed E-state index contributed by atoms with van der Waals surface area (Å²) in [4.78, 5) is 0.199. The van der Waals surface area contributed by atoms with E-state index in [1.807, 2.05) is 20.1 Å². The summed E-state index contributed by atoms with van der Waals surface area (Å²) in [6.45, 7) is 3.51. The summed E-state index contributed by atoms with van der Waals surface area (Å²) < 4.78 is 26.8. The van der Waals surface area contributed by atoms with E-state index in [2.05, 4.69) is 4.72 Å². The zero-order valence-corrected chi connectivity index (χ0v) is 12.4. The lowest BCUT2D eigenvalue weighted by Crippen LogP contribution is -2.34. The van der Waals surface area contributed by atoms with Crippen LogP contribution in [0.5, 0.6) is 0 Å². The van der Waals surface area contributed by atoms with Crippen LogP contribution in [0.25, 0.3) is 0 Å². The van der Waals surface area contributed by atoms with Crippen LogP contribution in [0.4, 0.5) is 0 Å². The summed E-state index contributed by atoms with van der Waals surface area (Å²) in [7, 11) is -3.51. The minimum absolute atomic E-state index is 0.121. The molecular weight excluding hydrogens is 270 g/mol. The Hall–Kier alpha value is -0.560. The first-order valence-electron chi connectivity index (χ1n) is 5.62. The average molecular weight is 289 g/mol. The molecule has 0 heterocycles. The van der Waals surface area contributed by atoms with Crippen molar-refractivity contribution in [3.63, 3.8) is 0 Å². The monoisotopic (exact) mass is 289 g/mol. The number of hydrogen-bond donors (Lipinski definition) is 2. The summed E-state index contributed by atoms with van der Waals surface area (Å²) in [5.41, 5.74) is 1.52. The van der Waals surface area contributed by atoms with Crippen LogP contribution in [-0.2, 0) is 16.6 Å². The number of thioether (sulfide) groups is 1. The minimum Gasteiger partial charge on any atom is -0.392 e. The van der Waals surface area contributed by atoms with Gasteiger partial charge in [-0.2, -0.15) is 11.8 Å². The number of nitrogens with one attached hydrogen (secondary N) is 1. The topological polar surface area (TPSA) is 66.4 Å². The highest BCUT2D eigenvalue weighted by Gasteiger charge is 2.17. The molecular formula is C12H19NO3S2. The van der Waals surface area contributed by atoms with E-state index in [-0.39, 0.29) is 17.5 Å². The second-order valence-electron chi connectivity index (χ2n) is 4.22. The maximum atomic E-state index is 12.1. The number of hydrogen-bond acceptors (Lipinski definition) is 4. The fourth-order valence-corrected chi connectivity index (χ4v) is 3.58. The van der Waals surface area contributed by atoms with Crippen molar-refractivity contribution in [1.29, 1.82) is 0 Å². The van der Waals surface area contributed by atoms with E-state index < -0.39 is 10.0 Å². The fraction of sp³-hybridized carbons (Fsp3) is 0.500. The number of aliphatic hydroxyl groups is 1. The van der Waals surface area contributed by atoms with Crippen molar-refractivity contribution in [3.05, 3.63) is 29.3 Å².